The van der Waals surface area contributed by atoms with E-state index in [1.165, 1.54) is 4.90 Å². The predicted molar refractivity (Wildman–Crippen MR) is 112 cm³/mol. The van der Waals surface area contributed by atoms with Crippen LogP contribution >= 0.6 is 0 Å². The minimum atomic E-state index is -0.599. The minimum Gasteiger partial charge on any atom is -0.456 e. The fraction of sp³-hybridized carbons (Fsp3) is 0.261. The molecular formula is C23H23N3O4. The van der Waals surface area contributed by atoms with Crippen molar-refractivity contribution in [2.45, 2.75) is 26.8 Å². The van der Waals surface area contributed by atoms with Crippen molar-refractivity contribution in [2.24, 2.45) is 0 Å². The summed E-state index contributed by atoms with van der Waals surface area (Å²) in [7, 11) is 0. The summed E-state index contributed by atoms with van der Waals surface area (Å²) in [5, 5.41) is 5.70. The maximum Gasteiger partial charge on any atom is 0.338 e. The number of benzene rings is 2. The Balaban J connectivity index is 1.64. The number of nitrogens with zero attached hydrogens (tertiary/aromatic N) is 1. The van der Waals surface area contributed by atoms with Gasteiger partial charge in [0.1, 0.15) is 13.2 Å². The molecule has 2 aliphatic heterocycles. The Bertz CT molecular complexity index is 1090. The summed E-state index contributed by atoms with van der Waals surface area (Å²) < 4.78 is 5.24. The van der Waals surface area contributed by atoms with Gasteiger partial charge in [-0.3, -0.25) is 9.69 Å². The Kier molecular flexibility index (Phi) is 5.03. The van der Waals surface area contributed by atoms with Crippen molar-refractivity contribution in [1.29, 1.82) is 0 Å². The average Bonchev–Trinajstić information content (AvgIpc) is 3.09. The van der Waals surface area contributed by atoms with Crippen LogP contribution in [0.1, 0.15) is 28.3 Å². The predicted octanol–water partition coefficient (Wildman–Crippen LogP) is 3.13. The normalized spacial score (nSPS) is 18.1. The van der Waals surface area contributed by atoms with Gasteiger partial charge >= 0.3 is 12.0 Å². The number of hydrogen-bond acceptors (Lipinski definition) is 4. The molecule has 2 aliphatic rings. The van der Waals surface area contributed by atoms with E-state index in [9.17, 15) is 14.4 Å². The lowest BCUT2D eigenvalue weighted by molar-refractivity contribution is -0.136. The number of nitrogens with one attached hydrogen (secondary N) is 2. The SMILES string of the molecule is Cc1ccc(C)c(C2NC(=O)N(CC(=O)Nc3ccccc3C)C3=C2C(=O)OC3)c1. The van der Waals surface area contributed by atoms with Gasteiger partial charge in [0.2, 0.25) is 5.91 Å². The van der Waals surface area contributed by atoms with Gasteiger partial charge in [0.25, 0.3) is 0 Å². The highest BCUT2D eigenvalue weighted by atomic mass is 16.5. The second-order valence-electron chi connectivity index (χ2n) is 7.63. The van der Waals surface area contributed by atoms with Crippen LogP contribution in [0.25, 0.3) is 0 Å². The number of urea groups is 1. The van der Waals surface area contributed by atoms with Crippen molar-refractivity contribution in [3.05, 3.63) is 76.0 Å². The van der Waals surface area contributed by atoms with Crippen LogP contribution in [0.2, 0.25) is 0 Å². The van der Waals surface area contributed by atoms with Crippen LogP contribution in [0.15, 0.2) is 53.7 Å². The zero-order valence-corrected chi connectivity index (χ0v) is 17.1. The summed E-state index contributed by atoms with van der Waals surface area (Å²) in [6.07, 6.45) is 0. The van der Waals surface area contributed by atoms with Crippen molar-refractivity contribution in [2.75, 3.05) is 18.5 Å². The van der Waals surface area contributed by atoms with Crippen molar-refractivity contribution in [3.8, 4) is 0 Å². The third-order valence-electron chi connectivity index (χ3n) is 5.46. The van der Waals surface area contributed by atoms with Gasteiger partial charge < -0.3 is 15.4 Å². The molecule has 0 aromatic heterocycles. The Morgan fingerprint density at radius 1 is 1.13 bits per heavy atom. The summed E-state index contributed by atoms with van der Waals surface area (Å²) in [4.78, 5) is 39.3. The number of rotatable bonds is 4. The Morgan fingerprint density at radius 2 is 1.90 bits per heavy atom. The number of aryl methyl sites for hydroxylation is 3. The molecule has 7 nitrogen and oxygen atoms in total. The molecule has 1 atom stereocenters. The average molecular weight is 405 g/mol. The molecule has 1 unspecified atom stereocenters. The van der Waals surface area contributed by atoms with E-state index in [0.717, 1.165) is 22.3 Å². The standard InChI is InChI=1S/C23H23N3O4/c1-13-8-9-14(2)16(10-13)21-20-18(12-30-22(20)28)26(23(29)25-21)11-19(27)24-17-7-5-4-6-15(17)3/h4-10,21H,11-12H2,1-3H3,(H,24,27)(H,25,29). The van der Waals surface area contributed by atoms with Crippen LogP contribution in [0.4, 0.5) is 10.5 Å². The van der Waals surface area contributed by atoms with E-state index in [2.05, 4.69) is 10.6 Å². The first-order chi connectivity index (χ1) is 14.3. The van der Waals surface area contributed by atoms with Gasteiger partial charge in [-0.05, 0) is 43.5 Å². The van der Waals surface area contributed by atoms with Gasteiger partial charge in [-0.2, -0.15) is 0 Å². The molecule has 30 heavy (non-hydrogen) atoms. The number of carbonyl (C=O) groups excluding carboxylic acids is 3. The lowest BCUT2D eigenvalue weighted by Crippen LogP contribution is -2.49. The second kappa shape index (κ2) is 7.67. The van der Waals surface area contributed by atoms with Gasteiger partial charge in [0.15, 0.2) is 0 Å². The van der Waals surface area contributed by atoms with Crippen LogP contribution in [0.3, 0.4) is 0 Å². The lowest BCUT2D eigenvalue weighted by Gasteiger charge is -2.33. The molecule has 0 saturated carbocycles. The van der Waals surface area contributed by atoms with Crippen LogP contribution in [0, 0.1) is 20.8 Å². The quantitative estimate of drug-likeness (QED) is 0.765. The summed E-state index contributed by atoms with van der Waals surface area (Å²) in [5.74, 6) is -0.823. The molecule has 0 bridgehead atoms. The first-order valence-electron chi connectivity index (χ1n) is 9.76. The highest BCUT2D eigenvalue weighted by molar-refractivity contribution is 6.00. The molecule has 0 aliphatic carbocycles. The molecule has 7 heteroatoms. The highest BCUT2D eigenvalue weighted by Crippen LogP contribution is 2.36. The van der Waals surface area contributed by atoms with Crippen LogP contribution in [0.5, 0.6) is 0 Å². The van der Waals surface area contributed by atoms with E-state index in [-0.39, 0.29) is 19.1 Å². The van der Waals surface area contributed by atoms with Crippen LogP contribution in [-0.2, 0) is 14.3 Å². The zero-order valence-electron chi connectivity index (χ0n) is 17.1. The van der Waals surface area contributed by atoms with Crippen molar-refractivity contribution in [1.82, 2.24) is 10.2 Å². The Hall–Kier alpha value is -3.61. The molecule has 154 valence electrons. The van der Waals surface area contributed by atoms with Gasteiger partial charge in [0.05, 0.1) is 17.3 Å². The van der Waals surface area contributed by atoms with E-state index in [1.54, 1.807) is 6.07 Å². The summed E-state index contributed by atoms with van der Waals surface area (Å²) in [6.45, 7) is 5.54. The maximum atomic E-state index is 12.9. The van der Waals surface area contributed by atoms with Crippen molar-refractivity contribution < 1.29 is 19.1 Å². The van der Waals surface area contributed by atoms with E-state index in [4.69, 9.17) is 4.74 Å². The third kappa shape index (κ3) is 3.54. The van der Waals surface area contributed by atoms with Crippen molar-refractivity contribution >= 4 is 23.6 Å². The molecule has 3 amide bonds. The van der Waals surface area contributed by atoms with Crippen LogP contribution < -0.4 is 10.6 Å². The first kappa shape index (κ1) is 19.7. The summed E-state index contributed by atoms with van der Waals surface area (Å²) in [5.41, 5.74) is 5.26. The monoisotopic (exact) mass is 405 g/mol. The van der Waals surface area contributed by atoms with Gasteiger partial charge in [-0.25, -0.2) is 9.59 Å². The van der Waals surface area contributed by atoms with Crippen LogP contribution in [-0.4, -0.2) is 36.0 Å². The molecule has 4 rings (SSSR count). The minimum absolute atomic E-state index is 0.0272. The molecule has 0 fully saturated rings. The molecule has 0 radical (unpaired) electrons. The molecular weight excluding hydrogens is 382 g/mol. The third-order valence-corrected chi connectivity index (χ3v) is 5.46. The number of amides is 3. The van der Waals surface area contributed by atoms with Gasteiger partial charge in [-0.1, -0.05) is 42.0 Å². The molecule has 2 aromatic rings. The number of ether oxygens (including phenoxy) is 1. The Morgan fingerprint density at radius 3 is 2.67 bits per heavy atom. The number of anilines is 1. The zero-order chi connectivity index (χ0) is 21.4. The molecule has 0 spiro atoms. The number of para-hydroxylation sites is 1. The topological polar surface area (TPSA) is 87.7 Å². The molecule has 2 N–H and O–H groups in total. The fourth-order valence-electron chi connectivity index (χ4n) is 3.83. The largest absolute Gasteiger partial charge is 0.456 e. The summed E-state index contributed by atoms with van der Waals surface area (Å²) in [6, 6.07) is 12.3. The Labute approximate surface area is 174 Å². The fourth-order valence-corrected chi connectivity index (χ4v) is 3.83. The smallest absolute Gasteiger partial charge is 0.338 e. The first-order valence-corrected chi connectivity index (χ1v) is 9.76. The number of cyclic esters (lactones) is 1. The lowest BCUT2D eigenvalue weighted by atomic mass is 9.91. The number of hydrogen-bond donors (Lipinski definition) is 2. The van der Waals surface area contributed by atoms with E-state index in [1.807, 2.05) is 57.2 Å². The van der Waals surface area contributed by atoms with E-state index < -0.39 is 18.0 Å². The summed E-state index contributed by atoms with van der Waals surface area (Å²) >= 11 is 0. The maximum absolute atomic E-state index is 12.9. The van der Waals surface area contributed by atoms with Crippen molar-refractivity contribution in [3.63, 3.8) is 0 Å². The molecule has 2 heterocycles. The molecule has 0 saturated heterocycles. The number of carbonyl (C=O) groups is 3. The van der Waals surface area contributed by atoms with Gasteiger partial charge in [0, 0.05) is 5.69 Å². The van der Waals surface area contributed by atoms with E-state index >= 15 is 0 Å². The highest BCUT2D eigenvalue weighted by Gasteiger charge is 2.43. The van der Waals surface area contributed by atoms with E-state index in [0.29, 0.717) is 17.0 Å². The molecule has 2 aromatic carbocycles. The number of esters is 1. The second-order valence-corrected chi connectivity index (χ2v) is 7.63. The van der Waals surface area contributed by atoms with Gasteiger partial charge in [-0.15, -0.1) is 0 Å².